The third-order valence-corrected chi connectivity index (χ3v) is 4.84. The molecule has 28 heavy (non-hydrogen) atoms. The van der Waals surface area contributed by atoms with Gasteiger partial charge >= 0.3 is 0 Å². The zero-order chi connectivity index (χ0) is 19.8. The van der Waals surface area contributed by atoms with Crippen molar-refractivity contribution in [2.24, 2.45) is 5.92 Å². The van der Waals surface area contributed by atoms with Gasteiger partial charge in [-0.05, 0) is 49.1 Å². The van der Waals surface area contributed by atoms with Crippen molar-refractivity contribution in [3.05, 3.63) is 54.0 Å². The number of benzene rings is 1. The summed E-state index contributed by atoms with van der Waals surface area (Å²) < 4.78 is 10.5. The first kappa shape index (κ1) is 19.6. The zero-order valence-corrected chi connectivity index (χ0v) is 15.7. The lowest BCUT2D eigenvalue weighted by atomic mass is 9.95. The van der Waals surface area contributed by atoms with Crippen molar-refractivity contribution in [1.29, 1.82) is 0 Å². The summed E-state index contributed by atoms with van der Waals surface area (Å²) in [6.45, 7) is 1.96. The van der Waals surface area contributed by atoms with Crippen LogP contribution in [0, 0.1) is 18.3 Å². The number of nitrogens with one attached hydrogen (secondary N) is 1. The number of ether oxygens (including phenoxy) is 1. The summed E-state index contributed by atoms with van der Waals surface area (Å²) in [6, 6.07) is 11.0. The number of carbonyl (C=O) groups is 2. The Kier molecular flexibility index (Phi) is 6.74. The van der Waals surface area contributed by atoms with E-state index in [0.717, 1.165) is 17.7 Å². The van der Waals surface area contributed by atoms with Crippen LogP contribution in [0.2, 0.25) is 0 Å². The normalized spacial score (nSPS) is 14.3. The Labute approximate surface area is 164 Å². The summed E-state index contributed by atoms with van der Waals surface area (Å²) in [4.78, 5) is 26.4. The predicted molar refractivity (Wildman–Crippen MR) is 105 cm³/mol. The molecule has 146 valence electrons. The second-order valence-corrected chi connectivity index (χ2v) is 6.72. The van der Waals surface area contributed by atoms with E-state index in [1.165, 1.54) is 6.26 Å². The molecule has 0 bridgehead atoms. The molecule has 2 heterocycles. The SMILES string of the molecule is C#CCOc1ccc(CCNC(=O)C2CCN(C(=O)c3ccco3)CC2)cc1. The van der Waals surface area contributed by atoms with Crippen LogP contribution < -0.4 is 10.1 Å². The molecule has 0 radical (unpaired) electrons. The molecule has 0 saturated carbocycles. The number of terminal acetylenes is 1. The lowest BCUT2D eigenvalue weighted by Gasteiger charge is -2.30. The molecule has 0 unspecified atom stereocenters. The lowest BCUT2D eigenvalue weighted by molar-refractivity contribution is -0.126. The predicted octanol–water partition coefficient (Wildman–Crippen LogP) is 2.50. The highest BCUT2D eigenvalue weighted by Crippen LogP contribution is 2.19. The Hall–Kier alpha value is -3.20. The fraction of sp³-hybridized carbons (Fsp3) is 0.364. The summed E-state index contributed by atoms with van der Waals surface area (Å²) >= 11 is 0. The quantitative estimate of drug-likeness (QED) is 0.749. The van der Waals surface area contributed by atoms with Gasteiger partial charge in [-0.2, -0.15) is 0 Å². The third-order valence-electron chi connectivity index (χ3n) is 4.84. The molecule has 1 aliphatic heterocycles. The van der Waals surface area contributed by atoms with Gasteiger partial charge in [-0.25, -0.2) is 0 Å². The van der Waals surface area contributed by atoms with Crippen molar-refractivity contribution in [2.75, 3.05) is 26.2 Å². The minimum atomic E-state index is -0.112. The first-order valence-corrected chi connectivity index (χ1v) is 9.43. The van der Waals surface area contributed by atoms with E-state index in [1.54, 1.807) is 17.0 Å². The van der Waals surface area contributed by atoms with E-state index in [9.17, 15) is 9.59 Å². The Morgan fingerprint density at radius 3 is 2.61 bits per heavy atom. The highest BCUT2D eigenvalue weighted by atomic mass is 16.5. The number of hydrogen-bond donors (Lipinski definition) is 1. The highest BCUT2D eigenvalue weighted by molar-refractivity contribution is 5.91. The second kappa shape index (κ2) is 9.65. The summed E-state index contributed by atoms with van der Waals surface area (Å²) in [7, 11) is 0. The zero-order valence-electron chi connectivity index (χ0n) is 15.7. The maximum Gasteiger partial charge on any atom is 0.289 e. The van der Waals surface area contributed by atoms with Gasteiger partial charge in [0.05, 0.1) is 6.26 Å². The Bertz CT molecular complexity index is 813. The van der Waals surface area contributed by atoms with Crippen LogP contribution in [0.1, 0.15) is 29.0 Å². The Morgan fingerprint density at radius 1 is 1.21 bits per heavy atom. The molecule has 1 aromatic heterocycles. The van der Waals surface area contributed by atoms with E-state index >= 15 is 0 Å². The van der Waals surface area contributed by atoms with Gasteiger partial charge in [0.15, 0.2) is 5.76 Å². The van der Waals surface area contributed by atoms with Crippen LogP contribution in [0.5, 0.6) is 5.75 Å². The Balaban J connectivity index is 1.38. The van der Waals surface area contributed by atoms with Gasteiger partial charge < -0.3 is 19.4 Å². The number of likely N-dealkylation sites (tertiary alicyclic amines) is 1. The van der Waals surface area contributed by atoms with Gasteiger partial charge in [-0.3, -0.25) is 9.59 Å². The molecule has 1 aromatic carbocycles. The molecule has 0 spiro atoms. The molecule has 1 fully saturated rings. The summed E-state index contributed by atoms with van der Waals surface area (Å²) in [5, 5.41) is 3.00. The van der Waals surface area contributed by atoms with Gasteiger partial charge in [0.1, 0.15) is 12.4 Å². The molecule has 1 saturated heterocycles. The van der Waals surface area contributed by atoms with Gasteiger partial charge in [-0.15, -0.1) is 6.42 Å². The molecule has 2 aromatic rings. The average Bonchev–Trinajstić information content (AvgIpc) is 3.27. The number of nitrogens with zero attached hydrogens (tertiary/aromatic N) is 1. The Morgan fingerprint density at radius 2 is 1.96 bits per heavy atom. The first-order chi connectivity index (χ1) is 13.7. The van der Waals surface area contributed by atoms with Gasteiger partial charge in [-0.1, -0.05) is 18.1 Å². The van der Waals surface area contributed by atoms with Crippen molar-refractivity contribution < 1.29 is 18.7 Å². The van der Waals surface area contributed by atoms with E-state index in [-0.39, 0.29) is 24.3 Å². The largest absolute Gasteiger partial charge is 0.481 e. The third kappa shape index (κ3) is 5.17. The number of piperidine rings is 1. The van der Waals surface area contributed by atoms with Crippen LogP contribution in [0.4, 0.5) is 0 Å². The number of carbonyl (C=O) groups excluding carboxylic acids is 2. The van der Waals surface area contributed by atoms with Crippen LogP contribution in [-0.4, -0.2) is 43.0 Å². The maximum atomic E-state index is 12.4. The van der Waals surface area contributed by atoms with Crippen molar-refractivity contribution in [3.63, 3.8) is 0 Å². The van der Waals surface area contributed by atoms with Crippen LogP contribution in [0.15, 0.2) is 47.1 Å². The van der Waals surface area contributed by atoms with Crippen molar-refractivity contribution >= 4 is 11.8 Å². The summed E-state index contributed by atoms with van der Waals surface area (Å²) in [5.41, 5.74) is 1.12. The van der Waals surface area contributed by atoms with Crippen molar-refractivity contribution in [2.45, 2.75) is 19.3 Å². The van der Waals surface area contributed by atoms with Gasteiger partial charge in [0.2, 0.25) is 5.91 Å². The molecule has 3 rings (SSSR count). The van der Waals surface area contributed by atoms with Crippen LogP contribution in [0.3, 0.4) is 0 Å². The molecule has 2 amide bonds. The first-order valence-electron chi connectivity index (χ1n) is 9.43. The molecule has 6 nitrogen and oxygen atoms in total. The standard InChI is InChI=1S/C22H24N2O4/c1-2-15-27-19-7-5-17(6-8-19)9-12-23-21(25)18-10-13-24(14-11-18)22(26)20-4-3-16-28-20/h1,3-8,16,18H,9-15H2,(H,23,25). The number of rotatable bonds is 7. The minimum absolute atomic E-state index is 0.0547. The van der Waals surface area contributed by atoms with E-state index in [2.05, 4.69) is 11.2 Å². The smallest absolute Gasteiger partial charge is 0.289 e. The van der Waals surface area contributed by atoms with Crippen LogP contribution in [-0.2, 0) is 11.2 Å². The molecule has 1 N–H and O–H groups in total. The minimum Gasteiger partial charge on any atom is -0.481 e. The molecule has 6 heteroatoms. The average molecular weight is 380 g/mol. The lowest BCUT2D eigenvalue weighted by Crippen LogP contribution is -2.43. The molecular weight excluding hydrogens is 356 g/mol. The second-order valence-electron chi connectivity index (χ2n) is 6.72. The van der Waals surface area contributed by atoms with E-state index in [4.69, 9.17) is 15.6 Å². The molecular formula is C22H24N2O4. The summed E-state index contributed by atoms with van der Waals surface area (Å²) in [6.07, 6.45) is 8.74. The molecule has 0 atom stereocenters. The fourth-order valence-corrected chi connectivity index (χ4v) is 3.25. The number of hydrogen-bond acceptors (Lipinski definition) is 4. The fourth-order valence-electron chi connectivity index (χ4n) is 3.25. The topological polar surface area (TPSA) is 71.8 Å². The van der Waals surface area contributed by atoms with Crippen LogP contribution in [0.25, 0.3) is 0 Å². The van der Waals surface area contributed by atoms with Crippen molar-refractivity contribution in [3.8, 4) is 18.1 Å². The van der Waals surface area contributed by atoms with Crippen molar-refractivity contribution in [1.82, 2.24) is 10.2 Å². The monoisotopic (exact) mass is 380 g/mol. The van der Waals surface area contributed by atoms with Crippen LogP contribution >= 0.6 is 0 Å². The van der Waals surface area contributed by atoms with Gasteiger partial charge in [0, 0.05) is 25.6 Å². The molecule has 0 aliphatic carbocycles. The summed E-state index contributed by atoms with van der Waals surface area (Å²) in [5.74, 6) is 3.40. The van der Waals surface area contributed by atoms with E-state index < -0.39 is 0 Å². The maximum absolute atomic E-state index is 12.4. The highest BCUT2D eigenvalue weighted by Gasteiger charge is 2.28. The van der Waals surface area contributed by atoms with E-state index in [0.29, 0.717) is 38.2 Å². The molecule has 1 aliphatic rings. The van der Waals surface area contributed by atoms with Gasteiger partial charge in [0.25, 0.3) is 5.91 Å². The number of amides is 2. The van der Waals surface area contributed by atoms with E-state index in [1.807, 2.05) is 24.3 Å². The number of furan rings is 1.